The summed E-state index contributed by atoms with van der Waals surface area (Å²) in [5, 5.41) is 39.3. The molecule has 59 heavy (non-hydrogen) atoms. The van der Waals surface area contributed by atoms with E-state index in [1.165, 1.54) is 25.3 Å². The molecule has 0 aliphatic heterocycles. The molecule has 0 aromatic rings. The van der Waals surface area contributed by atoms with Gasteiger partial charge in [0.05, 0.1) is 31.5 Å². The third-order valence-corrected chi connectivity index (χ3v) is 9.42. The number of ether oxygens (including phenoxy) is 2. The van der Waals surface area contributed by atoms with Crippen molar-refractivity contribution < 1.29 is 62.8 Å². The highest BCUT2D eigenvalue weighted by molar-refractivity contribution is 7.47. The van der Waals surface area contributed by atoms with Crippen molar-refractivity contribution in [3.05, 3.63) is 85.1 Å². The van der Waals surface area contributed by atoms with Gasteiger partial charge in [0.25, 0.3) is 0 Å². The number of aliphatic carboxylic acids is 1. The zero-order chi connectivity index (χ0) is 44.0. The Labute approximate surface area is 351 Å². The first-order valence-electron chi connectivity index (χ1n) is 20.9. The highest BCUT2D eigenvalue weighted by atomic mass is 31.2. The Balaban J connectivity index is 4.78. The van der Waals surface area contributed by atoms with Crippen molar-refractivity contribution in [1.82, 2.24) is 0 Å². The number of nitrogens with two attached hydrogens (primary N) is 1. The quantitative estimate of drug-likeness (QED) is 0.0116. The van der Waals surface area contributed by atoms with Crippen LogP contribution in [0.2, 0.25) is 0 Å². The lowest BCUT2D eigenvalue weighted by Crippen LogP contribution is -2.34. The fourth-order valence-corrected chi connectivity index (χ4v) is 5.80. The predicted molar refractivity (Wildman–Crippen MR) is 230 cm³/mol. The third-order valence-electron chi connectivity index (χ3n) is 8.47. The molecule has 0 aromatic heterocycles. The van der Waals surface area contributed by atoms with E-state index in [4.69, 9.17) is 24.8 Å². The maximum atomic E-state index is 12.6. The standard InChI is InChI=1S/C44H72NO13P/c1-3-5-7-8-9-10-11-12-13-14-15-16-17-22-26-32-42(49)55-34-38(35-56-59(53,54)57-36-39(45)44(51)52)58-43(50)33-27-31-41(48)40(47)30-25-21-19-18-20-24-29-37(46)28-23-6-4-2/h6,9-10,12-13,18-21,23-25,29-30,37-41,46-48H,3-5,7-8,11,14-17,22,26-28,31-36,45H2,1-2H3,(H,51,52)(H,53,54)/b10-9-,13-12-,20-18+,21-19-,23-6-,29-24+,30-25-/t37-,38+,39-,40+,41+/m0/s1. The predicted octanol–water partition coefficient (Wildman–Crippen LogP) is 7.63. The smallest absolute Gasteiger partial charge is 0.472 e. The number of phosphoric ester groups is 1. The van der Waals surface area contributed by atoms with E-state index in [1.807, 2.05) is 19.1 Å². The summed E-state index contributed by atoms with van der Waals surface area (Å²) in [6.45, 7) is 2.19. The molecule has 0 rings (SSSR count). The van der Waals surface area contributed by atoms with Gasteiger partial charge in [-0.2, -0.15) is 0 Å². The molecule has 14 nitrogen and oxygen atoms in total. The summed E-state index contributed by atoms with van der Waals surface area (Å²) < 4.78 is 32.4. The van der Waals surface area contributed by atoms with Gasteiger partial charge >= 0.3 is 25.7 Å². The van der Waals surface area contributed by atoms with Crippen molar-refractivity contribution in [3.63, 3.8) is 0 Å². The molecule has 7 N–H and O–H groups in total. The van der Waals surface area contributed by atoms with Crippen molar-refractivity contribution in [3.8, 4) is 0 Å². The average molecular weight is 854 g/mol. The highest BCUT2D eigenvalue weighted by Crippen LogP contribution is 2.43. The number of carboxylic acids is 1. The molecule has 0 saturated heterocycles. The van der Waals surface area contributed by atoms with Crippen LogP contribution in [0.4, 0.5) is 0 Å². The van der Waals surface area contributed by atoms with Crippen LogP contribution in [-0.4, -0.2) is 93.5 Å². The molecule has 0 heterocycles. The second-order valence-electron chi connectivity index (χ2n) is 14.0. The fourth-order valence-electron chi connectivity index (χ4n) is 5.02. The lowest BCUT2D eigenvalue weighted by atomic mass is 10.1. The fraction of sp³-hybridized carbons (Fsp3) is 0.614. The van der Waals surface area contributed by atoms with Crippen LogP contribution < -0.4 is 5.73 Å². The summed E-state index contributed by atoms with van der Waals surface area (Å²) in [5.74, 6) is -2.79. The summed E-state index contributed by atoms with van der Waals surface area (Å²) in [6, 6.07) is -1.59. The number of hydrogen-bond donors (Lipinski definition) is 6. The monoisotopic (exact) mass is 853 g/mol. The van der Waals surface area contributed by atoms with Gasteiger partial charge in [-0.1, -0.05) is 131 Å². The highest BCUT2D eigenvalue weighted by Gasteiger charge is 2.28. The molecule has 6 atom stereocenters. The summed E-state index contributed by atoms with van der Waals surface area (Å²) >= 11 is 0. The first-order valence-corrected chi connectivity index (χ1v) is 22.4. The zero-order valence-corrected chi connectivity index (χ0v) is 36.0. The molecule has 0 fully saturated rings. The maximum absolute atomic E-state index is 12.6. The Morgan fingerprint density at radius 1 is 0.678 bits per heavy atom. The summed E-state index contributed by atoms with van der Waals surface area (Å²) in [5.41, 5.74) is 5.30. The molecule has 0 bridgehead atoms. The van der Waals surface area contributed by atoms with Crippen molar-refractivity contribution in [2.45, 2.75) is 153 Å². The van der Waals surface area contributed by atoms with Crippen LogP contribution in [0.25, 0.3) is 0 Å². The van der Waals surface area contributed by atoms with E-state index in [0.29, 0.717) is 12.8 Å². The van der Waals surface area contributed by atoms with Gasteiger partial charge in [0.15, 0.2) is 6.10 Å². The third kappa shape index (κ3) is 36.1. The lowest BCUT2D eigenvalue weighted by Gasteiger charge is -2.20. The number of unbranched alkanes of at least 4 members (excludes halogenated alkanes) is 8. The van der Waals surface area contributed by atoms with Crippen LogP contribution in [0, 0.1) is 0 Å². The van der Waals surface area contributed by atoms with E-state index >= 15 is 0 Å². The van der Waals surface area contributed by atoms with Crippen LogP contribution in [-0.2, 0) is 37.5 Å². The molecular formula is C44H72NO13P. The second-order valence-corrected chi connectivity index (χ2v) is 15.4. The van der Waals surface area contributed by atoms with E-state index in [0.717, 1.165) is 51.4 Å². The van der Waals surface area contributed by atoms with Crippen LogP contribution in [0.1, 0.15) is 123 Å². The number of esters is 2. The average Bonchev–Trinajstić information content (AvgIpc) is 3.20. The Morgan fingerprint density at radius 3 is 1.93 bits per heavy atom. The van der Waals surface area contributed by atoms with Crippen molar-refractivity contribution in [2.24, 2.45) is 5.73 Å². The first-order chi connectivity index (χ1) is 28.3. The van der Waals surface area contributed by atoms with E-state index in [1.54, 1.807) is 42.5 Å². The first kappa shape index (κ1) is 55.5. The van der Waals surface area contributed by atoms with Crippen molar-refractivity contribution in [2.75, 3.05) is 19.8 Å². The van der Waals surface area contributed by atoms with Crippen LogP contribution in [0.15, 0.2) is 85.1 Å². The minimum Gasteiger partial charge on any atom is -0.480 e. The van der Waals surface area contributed by atoms with Gasteiger partial charge in [-0.25, -0.2) is 4.57 Å². The number of aliphatic hydroxyl groups excluding tert-OH is 3. The summed E-state index contributed by atoms with van der Waals surface area (Å²) in [4.78, 5) is 46.0. The van der Waals surface area contributed by atoms with Gasteiger partial charge in [0.1, 0.15) is 12.6 Å². The molecule has 0 aliphatic carbocycles. The number of aliphatic hydroxyl groups is 3. The molecular weight excluding hydrogens is 781 g/mol. The summed E-state index contributed by atoms with van der Waals surface area (Å²) in [6.07, 6.45) is 34.5. The Hall–Kier alpha value is -3.46. The minimum atomic E-state index is -4.82. The van der Waals surface area contributed by atoms with E-state index < -0.39 is 76.0 Å². The minimum absolute atomic E-state index is 0.0397. The molecule has 336 valence electrons. The van der Waals surface area contributed by atoms with E-state index in [-0.39, 0.29) is 25.7 Å². The topological polar surface area (TPSA) is 232 Å². The lowest BCUT2D eigenvalue weighted by molar-refractivity contribution is -0.161. The van der Waals surface area contributed by atoms with Gasteiger partial charge in [-0.05, 0) is 64.2 Å². The second kappa shape index (κ2) is 37.5. The normalized spacial score (nSPS) is 16.2. The van der Waals surface area contributed by atoms with Crippen LogP contribution >= 0.6 is 7.82 Å². The van der Waals surface area contributed by atoms with Gasteiger partial charge in [-0.3, -0.25) is 23.4 Å². The molecule has 0 aromatic carbocycles. The Bertz CT molecular complexity index is 1370. The number of hydrogen-bond acceptors (Lipinski definition) is 12. The number of carbonyl (C=O) groups excluding carboxylic acids is 2. The molecule has 0 spiro atoms. The zero-order valence-electron chi connectivity index (χ0n) is 35.1. The van der Waals surface area contributed by atoms with Gasteiger partial charge < -0.3 is 40.5 Å². The number of allylic oxidation sites excluding steroid dienone is 11. The Morgan fingerprint density at radius 2 is 1.27 bits per heavy atom. The molecule has 0 radical (unpaired) electrons. The molecule has 0 amide bonds. The van der Waals surface area contributed by atoms with Crippen molar-refractivity contribution >= 4 is 25.7 Å². The van der Waals surface area contributed by atoms with Crippen molar-refractivity contribution in [1.29, 1.82) is 0 Å². The number of carboxylic acid groups (broad SMARTS) is 1. The van der Waals surface area contributed by atoms with E-state index in [2.05, 4.69) is 35.8 Å². The Kier molecular flexibility index (Phi) is 35.3. The maximum Gasteiger partial charge on any atom is 0.472 e. The molecule has 1 unspecified atom stereocenters. The SMILES string of the molecule is CC/C=C\C[C@H](O)/C=C/C=C/C=C\C=C/[C@@H](O)[C@H](O)CCCC(=O)O[C@H](COC(=O)CCCCCCC/C=C\C/C=C\CCCCC)COP(=O)(O)OC[C@H](N)C(=O)O. The van der Waals surface area contributed by atoms with E-state index in [9.17, 15) is 39.2 Å². The van der Waals surface area contributed by atoms with Crippen LogP contribution in [0.5, 0.6) is 0 Å². The van der Waals surface area contributed by atoms with Gasteiger partial charge in [0, 0.05) is 12.8 Å². The van der Waals surface area contributed by atoms with Crippen LogP contribution in [0.3, 0.4) is 0 Å². The molecule has 15 heteroatoms. The number of carbonyl (C=O) groups is 3. The number of rotatable bonds is 37. The van der Waals surface area contributed by atoms with Gasteiger partial charge in [-0.15, -0.1) is 0 Å². The number of phosphoric acid groups is 1. The summed E-state index contributed by atoms with van der Waals surface area (Å²) in [7, 11) is -4.82. The molecule has 0 saturated carbocycles. The van der Waals surface area contributed by atoms with Gasteiger partial charge in [0.2, 0.25) is 0 Å². The largest absolute Gasteiger partial charge is 0.480 e. The molecule has 0 aliphatic rings.